The molecule has 0 saturated heterocycles. The molecule has 1 aromatic carbocycles. The zero-order valence-corrected chi connectivity index (χ0v) is 20.7. The van der Waals surface area contributed by atoms with Crippen LogP contribution < -0.4 is 15.4 Å². The smallest absolute Gasteiger partial charge is 0.341 e. The van der Waals surface area contributed by atoms with E-state index in [1.54, 1.807) is 32.0 Å². The molecule has 7 nitrogen and oxygen atoms in total. The third kappa shape index (κ3) is 6.48. The molecule has 1 aliphatic rings. The molecular formula is C24H29ClN2O5S. The van der Waals surface area contributed by atoms with Crippen LogP contribution in [0.15, 0.2) is 18.2 Å². The monoisotopic (exact) mass is 492 g/mol. The van der Waals surface area contributed by atoms with Crippen LogP contribution in [0.2, 0.25) is 5.02 Å². The fourth-order valence-corrected chi connectivity index (χ4v) is 5.19. The number of aryl methyl sites for hydroxylation is 1. The van der Waals surface area contributed by atoms with Crippen molar-refractivity contribution in [2.45, 2.75) is 58.9 Å². The SMILES string of the molecule is CCOC(=O)c1c(NC(=O)COc2ccc(Cl)cc2C)sc(C(=O)NC2CCCCC2)c1C. The number of benzene rings is 1. The second-order valence-electron chi connectivity index (χ2n) is 8.04. The second-order valence-corrected chi connectivity index (χ2v) is 9.49. The highest BCUT2D eigenvalue weighted by molar-refractivity contribution is 7.18. The van der Waals surface area contributed by atoms with Crippen molar-refractivity contribution >= 4 is 45.7 Å². The Morgan fingerprint density at radius 1 is 1.15 bits per heavy atom. The Morgan fingerprint density at radius 2 is 1.88 bits per heavy atom. The molecule has 0 unspecified atom stereocenters. The van der Waals surface area contributed by atoms with E-state index in [4.69, 9.17) is 21.1 Å². The molecule has 1 heterocycles. The first-order valence-electron chi connectivity index (χ1n) is 11.1. The van der Waals surface area contributed by atoms with Crippen molar-refractivity contribution in [2.24, 2.45) is 0 Å². The molecule has 2 aromatic rings. The summed E-state index contributed by atoms with van der Waals surface area (Å²) in [6, 6.07) is 5.25. The maximum absolute atomic E-state index is 12.9. The summed E-state index contributed by atoms with van der Waals surface area (Å²) in [7, 11) is 0. The highest BCUT2D eigenvalue weighted by atomic mass is 35.5. The predicted molar refractivity (Wildman–Crippen MR) is 130 cm³/mol. The molecule has 9 heteroatoms. The van der Waals surface area contributed by atoms with Gasteiger partial charge in [-0.15, -0.1) is 11.3 Å². The molecule has 1 aliphatic carbocycles. The Bertz CT molecular complexity index is 1030. The predicted octanol–water partition coefficient (Wildman–Crippen LogP) is 5.28. The average molecular weight is 493 g/mol. The molecule has 1 aromatic heterocycles. The summed E-state index contributed by atoms with van der Waals surface area (Å²) in [5.74, 6) is -0.721. The summed E-state index contributed by atoms with van der Waals surface area (Å²) < 4.78 is 10.8. The van der Waals surface area contributed by atoms with Crippen molar-refractivity contribution in [3.63, 3.8) is 0 Å². The van der Waals surface area contributed by atoms with Crippen LogP contribution in [0.4, 0.5) is 5.00 Å². The van der Waals surface area contributed by atoms with E-state index in [-0.39, 0.29) is 35.7 Å². The van der Waals surface area contributed by atoms with E-state index in [0.717, 1.165) is 42.6 Å². The summed E-state index contributed by atoms with van der Waals surface area (Å²) in [6.45, 7) is 5.16. The Hall–Kier alpha value is -2.58. The van der Waals surface area contributed by atoms with E-state index < -0.39 is 11.9 Å². The molecule has 2 amide bonds. The van der Waals surface area contributed by atoms with Crippen molar-refractivity contribution in [1.82, 2.24) is 5.32 Å². The topological polar surface area (TPSA) is 93.7 Å². The number of halogens is 1. The van der Waals surface area contributed by atoms with Gasteiger partial charge >= 0.3 is 5.97 Å². The van der Waals surface area contributed by atoms with E-state index in [9.17, 15) is 14.4 Å². The number of anilines is 1. The first-order chi connectivity index (χ1) is 15.8. The number of rotatable bonds is 8. The van der Waals surface area contributed by atoms with Gasteiger partial charge < -0.3 is 20.1 Å². The molecule has 33 heavy (non-hydrogen) atoms. The van der Waals surface area contributed by atoms with Crippen LogP contribution in [-0.4, -0.2) is 37.0 Å². The van der Waals surface area contributed by atoms with Crippen molar-refractivity contribution in [3.05, 3.63) is 44.8 Å². The van der Waals surface area contributed by atoms with E-state index in [1.807, 2.05) is 6.92 Å². The lowest BCUT2D eigenvalue weighted by Gasteiger charge is -2.22. The van der Waals surface area contributed by atoms with E-state index in [2.05, 4.69) is 10.6 Å². The van der Waals surface area contributed by atoms with Crippen molar-refractivity contribution in [1.29, 1.82) is 0 Å². The molecule has 0 radical (unpaired) electrons. The highest BCUT2D eigenvalue weighted by Crippen LogP contribution is 2.34. The maximum Gasteiger partial charge on any atom is 0.341 e. The lowest BCUT2D eigenvalue weighted by atomic mass is 9.95. The van der Waals surface area contributed by atoms with Gasteiger partial charge in [-0.05, 0) is 62.9 Å². The number of hydrogen-bond donors (Lipinski definition) is 2. The second kappa shape index (κ2) is 11.5. The third-order valence-electron chi connectivity index (χ3n) is 5.52. The van der Waals surface area contributed by atoms with Gasteiger partial charge in [-0.2, -0.15) is 0 Å². The molecule has 178 valence electrons. The molecule has 2 N–H and O–H groups in total. The van der Waals surface area contributed by atoms with Gasteiger partial charge in [-0.1, -0.05) is 30.9 Å². The van der Waals surface area contributed by atoms with Crippen molar-refractivity contribution in [3.8, 4) is 5.75 Å². The van der Waals surface area contributed by atoms with Crippen LogP contribution in [0, 0.1) is 13.8 Å². The fourth-order valence-electron chi connectivity index (χ4n) is 3.85. The number of carbonyl (C=O) groups is 3. The van der Waals surface area contributed by atoms with Gasteiger partial charge in [-0.25, -0.2) is 4.79 Å². The van der Waals surface area contributed by atoms with Crippen LogP contribution in [0.5, 0.6) is 5.75 Å². The van der Waals surface area contributed by atoms with Gasteiger partial charge in [0.15, 0.2) is 6.61 Å². The summed E-state index contributed by atoms with van der Waals surface area (Å²) in [4.78, 5) is 38.5. The third-order valence-corrected chi connectivity index (χ3v) is 6.96. The van der Waals surface area contributed by atoms with Crippen LogP contribution in [0.3, 0.4) is 0 Å². The number of hydrogen-bond acceptors (Lipinski definition) is 6. The van der Waals surface area contributed by atoms with Gasteiger partial charge in [0.2, 0.25) is 0 Å². The minimum Gasteiger partial charge on any atom is -0.483 e. The van der Waals surface area contributed by atoms with Gasteiger partial charge in [-0.3, -0.25) is 9.59 Å². The molecule has 0 bridgehead atoms. The summed E-state index contributed by atoms with van der Waals surface area (Å²) >= 11 is 7.03. The summed E-state index contributed by atoms with van der Waals surface area (Å²) in [6.07, 6.45) is 5.27. The molecule has 0 atom stereocenters. The number of thiophene rings is 1. The Kier molecular flexibility index (Phi) is 8.74. The minimum absolute atomic E-state index is 0.132. The van der Waals surface area contributed by atoms with Crippen LogP contribution >= 0.6 is 22.9 Å². The number of nitrogens with one attached hydrogen (secondary N) is 2. The quantitative estimate of drug-likeness (QED) is 0.489. The Morgan fingerprint density at radius 3 is 2.55 bits per heavy atom. The molecule has 3 rings (SSSR count). The largest absolute Gasteiger partial charge is 0.483 e. The lowest BCUT2D eigenvalue weighted by Crippen LogP contribution is -2.36. The molecule has 1 saturated carbocycles. The van der Waals surface area contributed by atoms with Crippen LogP contribution in [-0.2, 0) is 9.53 Å². The zero-order chi connectivity index (χ0) is 24.0. The van der Waals surface area contributed by atoms with Gasteiger partial charge in [0.1, 0.15) is 10.8 Å². The summed E-state index contributed by atoms with van der Waals surface area (Å²) in [5.41, 5.74) is 1.50. The average Bonchev–Trinajstić information content (AvgIpc) is 3.09. The van der Waals surface area contributed by atoms with Gasteiger partial charge in [0.25, 0.3) is 11.8 Å². The minimum atomic E-state index is -0.576. The van der Waals surface area contributed by atoms with Gasteiger partial charge in [0.05, 0.1) is 17.0 Å². The number of esters is 1. The fraction of sp³-hybridized carbons (Fsp3) is 0.458. The van der Waals surface area contributed by atoms with Crippen LogP contribution in [0.25, 0.3) is 0 Å². The number of carbonyl (C=O) groups excluding carboxylic acids is 3. The molecule has 1 fully saturated rings. The first kappa shape index (κ1) is 25.1. The molecular weight excluding hydrogens is 464 g/mol. The molecule has 0 aliphatic heterocycles. The number of amides is 2. The Balaban J connectivity index is 1.75. The van der Waals surface area contributed by atoms with Gasteiger partial charge in [0, 0.05) is 11.1 Å². The lowest BCUT2D eigenvalue weighted by molar-refractivity contribution is -0.118. The van der Waals surface area contributed by atoms with E-state index >= 15 is 0 Å². The van der Waals surface area contributed by atoms with E-state index in [1.165, 1.54) is 6.42 Å². The molecule has 0 spiro atoms. The number of ether oxygens (including phenoxy) is 2. The normalized spacial score (nSPS) is 13.9. The van der Waals surface area contributed by atoms with Crippen molar-refractivity contribution in [2.75, 3.05) is 18.5 Å². The van der Waals surface area contributed by atoms with Crippen LogP contribution in [0.1, 0.15) is 70.2 Å². The van der Waals surface area contributed by atoms with E-state index in [0.29, 0.717) is 21.2 Å². The highest BCUT2D eigenvalue weighted by Gasteiger charge is 2.28. The van der Waals surface area contributed by atoms with Crippen molar-refractivity contribution < 1.29 is 23.9 Å². The first-order valence-corrected chi connectivity index (χ1v) is 12.3. The Labute approximate surface area is 202 Å². The maximum atomic E-state index is 12.9. The standard InChI is InChI=1S/C24H29ClN2O5S/c1-4-31-24(30)20-15(3)21(22(29)26-17-8-6-5-7-9-17)33-23(20)27-19(28)13-32-18-11-10-16(25)12-14(18)2/h10-12,17H,4-9,13H2,1-3H3,(H,26,29)(H,27,28). The summed E-state index contributed by atoms with van der Waals surface area (Å²) in [5, 5.41) is 6.65. The zero-order valence-electron chi connectivity index (χ0n) is 19.1.